The molecule has 1 heterocycles. The van der Waals surface area contributed by atoms with E-state index in [0.717, 1.165) is 21.1 Å². The second-order valence-electron chi connectivity index (χ2n) is 4.34. The Kier molecular flexibility index (Phi) is 2.78. The minimum absolute atomic E-state index is 0.0919. The lowest BCUT2D eigenvalue weighted by Crippen LogP contribution is -1.87. The number of hydrogen-bond acceptors (Lipinski definition) is 2. The van der Waals surface area contributed by atoms with Crippen LogP contribution in [0.15, 0.2) is 34.8 Å². The number of aromatic hydroxyl groups is 1. The number of imidazole rings is 1. The van der Waals surface area contributed by atoms with Gasteiger partial charge in [0.1, 0.15) is 17.4 Å². The number of aryl methyl sites for hydroxylation is 1. The summed E-state index contributed by atoms with van der Waals surface area (Å²) in [5.41, 5.74) is 2.63. The van der Waals surface area contributed by atoms with Crippen LogP contribution in [0.5, 0.6) is 5.75 Å². The highest BCUT2D eigenvalue weighted by molar-refractivity contribution is 9.10. The molecule has 2 aromatic carbocycles. The molecular weight excluding hydrogens is 311 g/mol. The van der Waals surface area contributed by atoms with E-state index in [0.29, 0.717) is 5.82 Å². The summed E-state index contributed by atoms with van der Waals surface area (Å²) >= 11 is 3.41. The molecule has 2 N–H and O–H groups in total. The molecule has 0 aliphatic rings. The van der Waals surface area contributed by atoms with E-state index in [4.69, 9.17) is 0 Å². The quantitative estimate of drug-likeness (QED) is 0.707. The van der Waals surface area contributed by atoms with Crippen LogP contribution in [-0.2, 0) is 0 Å². The van der Waals surface area contributed by atoms with Crippen LogP contribution in [0.25, 0.3) is 22.4 Å². The van der Waals surface area contributed by atoms with E-state index < -0.39 is 5.82 Å². The third kappa shape index (κ3) is 2.00. The van der Waals surface area contributed by atoms with Crippen LogP contribution in [0.3, 0.4) is 0 Å². The van der Waals surface area contributed by atoms with Crippen molar-refractivity contribution in [2.24, 2.45) is 0 Å². The third-order valence-electron chi connectivity index (χ3n) is 2.97. The summed E-state index contributed by atoms with van der Waals surface area (Å²) in [6, 6.07) is 8.00. The Morgan fingerprint density at radius 1 is 1.32 bits per heavy atom. The molecule has 0 aliphatic heterocycles. The molecule has 19 heavy (non-hydrogen) atoms. The number of phenols is 1. The van der Waals surface area contributed by atoms with E-state index >= 15 is 0 Å². The maximum Gasteiger partial charge on any atom is 0.145 e. The second-order valence-corrected chi connectivity index (χ2v) is 5.25. The summed E-state index contributed by atoms with van der Waals surface area (Å²) in [7, 11) is 0. The number of aromatic nitrogens is 2. The van der Waals surface area contributed by atoms with E-state index in [1.54, 1.807) is 0 Å². The lowest BCUT2D eigenvalue weighted by atomic mass is 10.2. The molecule has 0 saturated heterocycles. The Hall–Kier alpha value is -1.88. The van der Waals surface area contributed by atoms with Gasteiger partial charge in [-0.3, -0.25) is 0 Å². The average molecular weight is 321 g/mol. The van der Waals surface area contributed by atoms with E-state index in [9.17, 15) is 9.50 Å². The standard InChI is InChI=1S/C14H10BrFN2O/c1-7-5-8(15)6-10-13(7)18-14(17-10)12-9(16)3-2-4-11(12)19/h2-6,19H,1H3,(H,17,18). The number of rotatable bonds is 1. The van der Waals surface area contributed by atoms with Crippen molar-refractivity contribution >= 4 is 27.0 Å². The Morgan fingerprint density at radius 3 is 2.84 bits per heavy atom. The van der Waals surface area contributed by atoms with Crippen LogP contribution in [0, 0.1) is 12.7 Å². The largest absolute Gasteiger partial charge is 0.507 e. The molecule has 3 rings (SSSR count). The van der Waals surface area contributed by atoms with Gasteiger partial charge >= 0.3 is 0 Å². The van der Waals surface area contributed by atoms with E-state index in [1.807, 2.05) is 19.1 Å². The average Bonchev–Trinajstić information content (AvgIpc) is 2.72. The van der Waals surface area contributed by atoms with Crippen molar-refractivity contribution in [3.63, 3.8) is 0 Å². The Balaban J connectivity index is 2.30. The SMILES string of the molecule is Cc1cc(Br)cc2[nH]c(-c3c(O)cccc3F)nc12. The van der Waals surface area contributed by atoms with Crippen molar-refractivity contribution in [2.75, 3.05) is 0 Å². The number of benzene rings is 2. The predicted molar refractivity (Wildman–Crippen MR) is 75.6 cm³/mol. The van der Waals surface area contributed by atoms with Crippen molar-refractivity contribution < 1.29 is 9.50 Å². The smallest absolute Gasteiger partial charge is 0.145 e. The first-order valence-corrected chi connectivity index (χ1v) is 6.49. The van der Waals surface area contributed by atoms with Crippen molar-refractivity contribution in [2.45, 2.75) is 6.92 Å². The monoisotopic (exact) mass is 320 g/mol. The number of nitrogens with one attached hydrogen (secondary N) is 1. The fourth-order valence-electron chi connectivity index (χ4n) is 2.11. The molecule has 1 aromatic heterocycles. The lowest BCUT2D eigenvalue weighted by molar-refractivity contribution is 0.471. The molecule has 0 fully saturated rings. The zero-order valence-corrected chi connectivity index (χ0v) is 11.6. The highest BCUT2D eigenvalue weighted by Crippen LogP contribution is 2.32. The Labute approximate surface area is 117 Å². The van der Waals surface area contributed by atoms with Crippen LogP contribution in [0.2, 0.25) is 0 Å². The van der Waals surface area contributed by atoms with Gasteiger partial charge in [-0.1, -0.05) is 22.0 Å². The third-order valence-corrected chi connectivity index (χ3v) is 3.43. The van der Waals surface area contributed by atoms with E-state index in [-0.39, 0.29) is 11.3 Å². The van der Waals surface area contributed by atoms with Gasteiger partial charge in [0.2, 0.25) is 0 Å². The molecule has 0 saturated carbocycles. The van der Waals surface area contributed by atoms with Gasteiger partial charge in [0.15, 0.2) is 0 Å². The van der Waals surface area contributed by atoms with Crippen LogP contribution >= 0.6 is 15.9 Å². The van der Waals surface area contributed by atoms with E-state index in [1.165, 1.54) is 18.2 Å². The minimum atomic E-state index is -0.504. The molecule has 0 atom stereocenters. The molecule has 0 spiro atoms. The highest BCUT2D eigenvalue weighted by atomic mass is 79.9. The number of halogens is 2. The molecule has 0 aliphatic carbocycles. The Morgan fingerprint density at radius 2 is 2.11 bits per heavy atom. The molecule has 3 aromatic rings. The zero-order chi connectivity index (χ0) is 13.6. The van der Waals surface area contributed by atoms with Crippen LogP contribution in [-0.4, -0.2) is 15.1 Å². The van der Waals surface area contributed by atoms with Crippen molar-refractivity contribution in [3.8, 4) is 17.1 Å². The van der Waals surface area contributed by atoms with Crippen LogP contribution < -0.4 is 0 Å². The topological polar surface area (TPSA) is 48.9 Å². The summed E-state index contributed by atoms with van der Waals surface area (Å²) in [6.07, 6.45) is 0. The number of hydrogen-bond donors (Lipinski definition) is 2. The van der Waals surface area contributed by atoms with Crippen molar-refractivity contribution in [3.05, 3.63) is 46.2 Å². The molecule has 96 valence electrons. The molecular formula is C14H10BrFN2O. The summed E-state index contributed by atoms with van der Waals surface area (Å²) in [5, 5.41) is 9.78. The minimum Gasteiger partial charge on any atom is -0.507 e. The Bertz CT molecular complexity index is 762. The van der Waals surface area contributed by atoms with Gasteiger partial charge in [0, 0.05) is 4.47 Å². The molecule has 0 bridgehead atoms. The molecule has 0 unspecified atom stereocenters. The maximum absolute atomic E-state index is 13.8. The highest BCUT2D eigenvalue weighted by Gasteiger charge is 2.15. The normalized spacial score (nSPS) is 11.1. The summed E-state index contributed by atoms with van der Waals surface area (Å²) in [4.78, 5) is 7.40. The second kappa shape index (κ2) is 4.35. The van der Waals surface area contributed by atoms with Gasteiger partial charge < -0.3 is 10.1 Å². The van der Waals surface area contributed by atoms with E-state index in [2.05, 4.69) is 25.9 Å². The fraction of sp³-hybridized carbons (Fsp3) is 0.0714. The molecule has 5 heteroatoms. The van der Waals surface area contributed by atoms with Crippen LogP contribution in [0.4, 0.5) is 4.39 Å². The number of H-pyrrole nitrogens is 1. The zero-order valence-electron chi connectivity index (χ0n) is 10.0. The number of fused-ring (bicyclic) bond motifs is 1. The summed E-state index contributed by atoms with van der Waals surface area (Å²) in [5.74, 6) is -0.307. The first-order chi connectivity index (χ1) is 9.06. The molecule has 0 amide bonds. The molecule has 3 nitrogen and oxygen atoms in total. The number of phenolic OH excluding ortho intramolecular Hbond substituents is 1. The van der Waals surface area contributed by atoms with Gasteiger partial charge in [-0.2, -0.15) is 0 Å². The summed E-state index contributed by atoms with van der Waals surface area (Å²) < 4.78 is 14.7. The molecule has 0 radical (unpaired) electrons. The number of nitrogens with zero attached hydrogens (tertiary/aromatic N) is 1. The van der Waals surface area contributed by atoms with Crippen LogP contribution in [0.1, 0.15) is 5.56 Å². The fourth-order valence-corrected chi connectivity index (χ4v) is 2.68. The van der Waals surface area contributed by atoms with Crippen molar-refractivity contribution in [1.82, 2.24) is 9.97 Å². The first-order valence-electron chi connectivity index (χ1n) is 5.70. The van der Waals surface area contributed by atoms with Gasteiger partial charge in [0.05, 0.1) is 16.6 Å². The first kappa shape index (κ1) is 12.2. The van der Waals surface area contributed by atoms with Crippen molar-refractivity contribution in [1.29, 1.82) is 0 Å². The van der Waals surface area contributed by atoms with Gasteiger partial charge in [-0.25, -0.2) is 9.37 Å². The number of aromatic amines is 1. The van der Waals surface area contributed by atoms with Gasteiger partial charge in [-0.05, 0) is 36.8 Å². The lowest BCUT2D eigenvalue weighted by Gasteiger charge is -2.01. The predicted octanol–water partition coefficient (Wildman–Crippen LogP) is 4.15. The van der Waals surface area contributed by atoms with Gasteiger partial charge in [0.25, 0.3) is 0 Å². The van der Waals surface area contributed by atoms with Gasteiger partial charge in [-0.15, -0.1) is 0 Å². The maximum atomic E-state index is 13.8. The summed E-state index contributed by atoms with van der Waals surface area (Å²) in [6.45, 7) is 1.93.